The van der Waals surface area contributed by atoms with Crippen LogP contribution in [-0.4, -0.2) is 41.2 Å². The number of aliphatic hydroxyl groups excluding tert-OH is 2. The van der Waals surface area contributed by atoms with Crippen LogP contribution in [0.1, 0.15) is 16.7 Å². The number of rotatable bonds is 10. The van der Waals surface area contributed by atoms with Crippen LogP contribution < -0.4 is 0 Å². The summed E-state index contributed by atoms with van der Waals surface area (Å²) in [7, 11) is 0. The summed E-state index contributed by atoms with van der Waals surface area (Å²) in [5, 5.41) is 21.9. The van der Waals surface area contributed by atoms with Crippen LogP contribution in [0.4, 0.5) is 0 Å². The van der Waals surface area contributed by atoms with E-state index in [4.69, 9.17) is 14.2 Å². The minimum absolute atomic E-state index is 0.244. The van der Waals surface area contributed by atoms with Crippen molar-refractivity contribution in [2.75, 3.05) is 6.61 Å². The molecule has 4 rings (SSSR count). The van der Waals surface area contributed by atoms with Crippen molar-refractivity contribution in [3.63, 3.8) is 0 Å². The molecule has 0 heterocycles. The van der Waals surface area contributed by atoms with E-state index < -0.39 is 24.4 Å². The number of ether oxygens (including phenoxy) is 3. The molecule has 172 valence electrons. The first-order chi connectivity index (χ1) is 16.2. The van der Waals surface area contributed by atoms with Crippen LogP contribution in [0.25, 0.3) is 0 Å². The van der Waals surface area contributed by atoms with Crippen molar-refractivity contribution >= 4 is 0 Å². The average Bonchev–Trinajstić information content (AvgIpc) is 2.85. The Morgan fingerprint density at radius 2 is 1.06 bits per heavy atom. The summed E-state index contributed by atoms with van der Waals surface area (Å²) < 4.78 is 18.0. The van der Waals surface area contributed by atoms with Crippen molar-refractivity contribution in [2.45, 2.75) is 44.2 Å². The largest absolute Gasteiger partial charge is 0.387 e. The maximum Gasteiger partial charge on any atom is 0.116 e. The van der Waals surface area contributed by atoms with Gasteiger partial charge < -0.3 is 24.4 Å². The molecule has 2 N–H and O–H groups in total. The van der Waals surface area contributed by atoms with E-state index in [9.17, 15) is 10.2 Å². The normalized spacial score (nSPS) is 22.7. The van der Waals surface area contributed by atoms with E-state index in [0.29, 0.717) is 25.4 Å². The zero-order valence-corrected chi connectivity index (χ0v) is 18.5. The minimum atomic E-state index is -1.03. The first-order valence-electron chi connectivity index (χ1n) is 11.2. The zero-order chi connectivity index (χ0) is 22.9. The molecule has 3 aromatic rings. The second-order valence-electron chi connectivity index (χ2n) is 8.18. The van der Waals surface area contributed by atoms with Crippen LogP contribution in [0, 0.1) is 0 Å². The molecule has 1 aliphatic carbocycles. The van der Waals surface area contributed by atoms with Crippen molar-refractivity contribution in [1.82, 2.24) is 0 Å². The third kappa shape index (κ3) is 6.60. The fourth-order valence-corrected chi connectivity index (χ4v) is 3.92. The highest BCUT2D eigenvalue weighted by Gasteiger charge is 2.40. The topological polar surface area (TPSA) is 68.2 Å². The summed E-state index contributed by atoms with van der Waals surface area (Å²) >= 11 is 0. The Hall–Kier alpha value is -2.80. The van der Waals surface area contributed by atoms with Gasteiger partial charge in [0.1, 0.15) is 24.4 Å². The van der Waals surface area contributed by atoms with Gasteiger partial charge >= 0.3 is 0 Å². The Bertz CT molecular complexity index is 991. The molecule has 5 heteroatoms. The lowest BCUT2D eigenvalue weighted by molar-refractivity contribution is -0.147. The van der Waals surface area contributed by atoms with Crippen LogP contribution in [0.15, 0.2) is 103 Å². The van der Waals surface area contributed by atoms with E-state index in [2.05, 4.69) is 0 Å². The Kier molecular flexibility index (Phi) is 8.41. The van der Waals surface area contributed by atoms with E-state index in [1.165, 1.54) is 0 Å². The SMILES string of the molecule is O[C@@H]1[C@@H](OCc2ccccc2)[C@@H](O)C=C(COCc2ccccc2)[C@H]1OCc1ccccc1. The molecule has 0 fully saturated rings. The predicted molar refractivity (Wildman–Crippen MR) is 126 cm³/mol. The summed E-state index contributed by atoms with van der Waals surface area (Å²) in [4.78, 5) is 0. The molecule has 0 unspecified atom stereocenters. The van der Waals surface area contributed by atoms with Crippen molar-refractivity contribution in [3.8, 4) is 0 Å². The van der Waals surface area contributed by atoms with Crippen LogP contribution in [0.5, 0.6) is 0 Å². The van der Waals surface area contributed by atoms with E-state index >= 15 is 0 Å². The maximum absolute atomic E-state index is 11.1. The fourth-order valence-electron chi connectivity index (χ4n) is 3.92. The molecule has 1 aliphatic rings. The molecule has 0 saturated carbocycles. The van der Waals surface area contributed by atoms with Crippen LogP contribution in [0.3, 0.4) is 0 Å². The van der Waals surface area contributed by atoms with Crippen LogP contribution in [0.2, 0.25) is 0 Å². The standard InChI is InChI=1S/C28H30O5/c29-25-16-24(20-31-17-21-10-4-1-5-11-21)27(32-18-22-12-6-2-7-13-22)26(30)28(25)33-19-23-14-8-3-9-15-23/h1-16,25-30H,17-20H2/t25-,26-,27+,28-/m0/s1. The number of hydrogen-bond acceptors (Lipinski definition) is 5. The van der Waals surface area contributed by atoms with Gasteiger partial charge in [-0.25, -0.2) is 0 Å². The van der Waals surface area contributed by atoms with Gasteiger partial charge in [-0.05, 0) is 28.3 Å². The predicted octanol–water partition coefficient (Wildman–Crippen LogP) is 4.04. The molecule has 3 aromatic carbocycles. The summed E-state index contributed by atoms with van der Waals surface area (Å²) in [5.74, 6) is 0. The van der Waals surface area contributed by atoms with Gasteiger partial charge in [0, 0.05) is 0 Å². The van der Waals surface area contributed by atoms with Gasteiger partial charge in [0.05, 0.1) is 26.4 Å². The quantitative estimate of drug-likeness (QED) is 0.460. The van der Waals surface area contributed by atoms with E-state index in [-0.39, 0.29) is 6.61 Å². The smallest absolute Gasteiger partial charge is 0.116 e. The summed E-state index contributed by atoms with van der Waals surface area (Å²) in [6.07, 6.45) is -1.75. The van der Waals surface area contributed by atoms with Gasteiger partial charge in [-0.2, -0.15) is 0 Å². The van der Waals surface area contributed by atoms with Crippen molar-refractivity contribution in [2.24, 2.45) is 0 Å². The zero-order valence-electron chi connectivity index (χ0n) is 18.5. The molecule has 0 amide bonds. The molecule has 0 aromatic heterocycles. The molecule has 0 aliphatic heterocycles. The molecular formula is C28H30O5. The molecular weight excluding hydrogens is 416 g/mol. The van der Waals surface area contributed by atoms with E-state index in [1.54, 1.807) is 6.08 Å². The average molecular weight is 447 g/mol. The van der Waals surface area contributed by atoms with Gasteiger partial charge in [0.15, 0.2) is 0 Å². The molecule has 0 bridgehead atoms. The lowest BCUT2D eigenvalue weighted by atomic mass is 9.89. The molecule has 0 saturated heterocycles. The van der Waals surface area contributed by atoms with Gasteiger partial charge in [-0.15, -0.1) is 0 Å². The Balaban J connectivity index is 1.45. The third-order valence-corrected chi connectivity index (χ3v) is 5.67. The van der Waals surface area contributed by atoms with Gasteiger partial charge in [-0.3, -0.25) is 0 Å². The van der Waals surface area contributed by atoms with Crippen molar-refractivity contribution in [1.29, 1.82) is 0 Å². The lowest BCUT2D eigenvalue weighted by Gasteiger charge is -2.37. The van der Waals surface area contributed by atoms with Gasteiger partial charge in [0.2, 0.25) is 0 Å². The minimum Gasteiger partial charge on any atom is -0.387 e. The Labute approximate surface area is 194 Å². The highest BCUT2D eigenvalue weighted by atomic mass is 16.5. The number of benzene rings is 3. The van der Waals surface area contributed by atoms with Crippen LogP contribution in [-0.2, 0) is 34.0 Å². The summed E-state index contributed by atoms with van der Waals surface area (Å²) in [6.45, 7) is 1.30. The van der Waals surface area contributed by atoms with Crippen LogP contribution >= 0.6 is 0 Å². The Morgan fingerprint density at radius 3 is 1.61 bits per heavy atom. The summed E-state index contributed by atoms with van der Waals surface area (Å²) in [6, 6.07) is 29.4. The van der Waals surface area contributed by atoms with Gasteiger partial charge in [-0.1, -0.05) is 91.0 Å². The highest BCUT2D eigenvalue weighted by molar-refractivity contribution is 5.23. The van der Waals surface area contributed by atoms with Gasteiger partial charge in [0.25, 0.3) is 0 Å². The molecule has 4 atom stereocenters. The third-order valence-electron chi connectivity index (χ3n) is 5.67. The molecule has 0 radical (unpaired) electrons. The molecule has 5 nitrogen and oxygen atoms in total. The maximum atomic E-state index is 11.1. The lowest BCUT2D eigenvalue weighted by Crippen LogP contribution is -2.51. The molecule has 0 spiro atoms. The highest BCUT2D eigenvalue weighted by Crippen LogP contribution is 2.27. The second kappa shape index (κ2) is 11.9. The second-order valence-corrected chi connectivity index (χ2v) is 8.18. The first kappa shape index (κ1) is 23.4. The fraction of sp³-hybridized carbons (Fsp3) is 0.286. The van der Waals surface area contributed by atoms with Crippen molar-refractivity contribution in [3.05, 3.63) is 119 Å². The summed E-state index contributed by atoms with van der Waals surface area (Å²) in [5.41, 5.74) is 3.74. The first-order valence-corrected chi connectivity index (χ1v) is 11.2. The monoisotopic (exact) mass is 446 g/mol. The number of aliphatic hydroxyl groups is 2. The molecule has 33 heavy (non-hydrogen) atoms. The van der Waals surface area contributed by atoms with E-state index in [0.717, 1.165) is 16.7 Å². The Morgan fingerprint density at radius 1 is 0.576 bits per heavy atom. The number of hydrogen-bond donors (Lipinski definition) is 2. The van der Waals surface area contributed by atoms with E-state index in [1.807, 2.05) is 91.0 Å². The van der Waals surface area contributed by atoms with Crippen molar-refractivity contribution < 1.29 is 24.4 Å².